The van der Waals surface area contributed by atoms with Crippen molar-refractivity contribution in [3.63, 3.8) is 0 Å². The summed E-state index contributed by atoms with van der Waals surface area (Å²) >= 11 is 0. The predicted octanol–water partition coefficient (Wildman–Crippen LogP) is 2.15. The van der Waals surface area contributed by atoms with Crippen LogP contribution in [0.3, 0.4) is 0 Å². The molecule has 1 aliphatic rings. The van der Waals surface area contributed by atoms with Gasteiger partial charge in [0.25, 0.3) is 11.8 Å². The summed E-state index contributed by atoms with van der Waals surface area (Å²) in [5, 5.41) is 5.88. The fraction of sp³-hybridized carbons (Fsp3) is 0.364. The van der Waals surface area contributed by atoms with E-state index in [-0.39, 0.29) is 30.2 Å². The minimum atomic E-state index is -0.267. The Morgan fingerprint density at radius 1 is 1.07 bits per heavy atom. The third-order valence-electron chi connectivity index (χ3n) is 5.05. The van der Waals surface area contributed by atoms with E-state index in [0.717, 1.165) is 30.6 Å². The van der Waals surface area contributed by atoms with Gasteiger partial charge >= 0.3 is 0 Å². The number of quaternary nitrogens is 1. The van der Waals surface area contributed by atoms with Crippen LogP contribution < -0.4 is 15.5 Å². The number of para-hydroxylation sites is 1. The Morgan fingerprint density at radius 3 is 2.50 bits per heavy atom. The fourth-order valence-corrected chi connectivity index (χ4v) is 3.62. The lowest BCUT2D eigenvalue weighted by atomic mass is 10.1. The Morgan fingerprint density at radius 2 is 1.75 bits per heavy atom. The molecule has 6 heteroatoms. The molecule has 148 valence electrons. The molecule has 1 aliphatic carbocycles. The molecule has 0 aliphatic heterocycles. The number of hydrogen-bond donors (Lipinski definition) is 3. The number of anilines is 1. The SMILES string of the molecule is C[NH+](CC(=O)Nc1ccccc1C(=O)NC1CCCC1)Cc1ccccc1F. The summed E-state index contributed by atoms with van der Waals surface area (Å²) in [4.78, 5) is 25.9. The standard InChI is InChI=1S/C22H26FN3O2/c1-26(14-16-8-2-6-12-19(16)23)15-21(27)25-20-13-7-5-11-18(20)22(28)24-17-9-3-4-10-17/h2,5-8,11-13,17H,3-4,9-10,14-15H2,1H3,(H,24,28)(H,25,27)/p+1. The molecule has 0 saturated heterocycles. The number of likely N-dealkylation sites (N-methyl/N-ethyl adjacent to an activating group) is 1. The summed E-state index contributed by atoms with van der Waals surface area (Å²) in [6.07, 6.45) is 4.29. The minimum absolute atomic E-state index is 0.158. The van der Waals surface area contributed by atoms with Gasteiger partial charge < -0.3 is 15.5 Å². The molecule has 1 atom stereocenters. The van der Waals surface area contributed by atoms with Crippen LogP contribution >= 0.6 is 0 Å². The molecular formula is C22H27FN3O2+. The summed E-state index contributed by atoms with van der Waals surface area (Å²) < 4.78 is 13.8. The number of benzene rings is 2. The highest BCUT2D eigenvalue weighted by Crippen LogP contribution is 2.20. The molecule has 28 heavy (non-hydrogen) atoms. The third kappa shape index (κ3) is 5.39. The highest BCUT2D eigenvalue weighted by molar-refractivity contribution is 6.04. The second-order valence-corrected chi connectivity index (χ2v) is 7.45. The van der Waals surface area contributed by atoms with Gasteiger partial charge in [-0.2, -0.15) is 0 Å². The molecule has 5 nitrogen and oxygen atoms in total. The summed E-state index contributed by atoms with van der Waals surface area (Å²) in [6.45, 7) is 0.580. The van der Waals surface area contributed by atoms with E-state index < -0.39 is 0 Å². The van der Waals surface area contributed by atoms with Gasteiger partial charge in [0.15, 0.2) is 6.54 Å². The van der Waals surface area contributed by atoms with E-state index in [1.807, 2.05) is 7.05 Å². The van der Waals surface area contributed by atoms with Gasteiger partial charge in [-0.25, -0.2) is 4.39 Å². The molecule has 3 N–H and O–H groups in total. The van der Waals surface area contributed by atoms with Crippen LogP contribution in [0.2, 0.25) is 0 Å². The minimum Gasteiger partial charge on any atom is -0.349 e. The maximum Gasteiger partial charge on any atom is 0.279 e. The van der Waals surface area contributed by atoms with Crippen molar-refractivity contribution in [2.45, 2.75) is 38.3 Å². The fourth-order valence-electron chi connectivity index (χ4n) is 3.62. The Bertz CT molecular complexity index is 834. The average Bonchev–Trinajstić information content (AvgIpc) is 3.17. The maximum absolute atomic E-state index is 13.8. The molecule has 2 aromatic carbocycles. The average molecular weight is 384 g/mol. The van der Waals surface area contributed by atoms with Crippen LogP contribution in [0, 0.1) is 5.82 Å². The molecule has 1 fully saturated rings. The van der Waals surface area contributed by atoms with Crippen LogP contribution in [0.1, 0.15) is 41.6 Å². The Kier molecular flexibility index (Phi) is 6.76. The lowest BCUT2D eigenvalue weighted by Crippen LogP contribution is -3.08. The molecule has 0 aromatic heterocycles. The van der Waals surface area contributed by atoms with E-state index in [4.69, 9.17) is 0 Å². The van der Waals surface area contributed by atoms with Crippen LogP contribution in [-0.4, -0.2) is 31.4 Å². The van der Waals surface area contributed by atoms with Crippen LogP contribution in [0.25, 0.3) is 0 Å². The molecule has 3 rings (SSSR count). The Hall–Kier alpha value is -2.73. The molecule has 0 bridgehead atoms. The Balaban J connectivity index is 1.59. The lowest BCUT2D eigenvalue weighted by molar-refractivity contribution is -0.885. The van der Waals surface area contributed by atoms with Crippen LogP contribution in [0.5, 0.6) is 0 Å². The number of carbonyl (C=O) groups is 2. The van der Waals surface area contributed by atoms with E-state index in [1.165, 1.54) is 6.07 Å². The zero-order valence-corrected chi connectivity index (χ0v) is 16.1. The number of amides is 2. The normalized spacial score (nSPS) is 15.2. The monoisotopic (exact) mass is 384 g/mol. The molecule has 0 heterocycles. The van der Waals surface area contributed by atoms with E-state index >= 15 is 0 Å². The first kappa shape index (κ1) is 20.0. The molecule has 2 amide bonds. The Labute approximate surface area is 164 Å². The topological polar surface area (TPSA) is 62.6 Å². The van der Waals surface area contributed by atoms with Crippen LogP contribution in [0.15, 0.2) is 48.5 Å². The van der Waals surface area contributed by atoms with Crippen LogP contribution in [-0.2, 0) is 11.3 Å². The summed E-state index contributed by atoms with van der Waals surface area (Å²) in [5.74, 6) is -0.638. The van der Waals surface area contributed by atoms with Crippen molar-refractivity contribution in [2.24, 2.45) is 0 Å². The van der Waals surface area contributed by atoms with Crippen molar-refractivity contribution in [1.82, 2.24) is 5.32 Å². The number of hydrogen-bond acceptors (Lipinski definition) is 2. The van der Waals surface area contributed by atoms with Gasteiger partial charge in [0, 0.05) is 11.6 Å². The summed E-state index contributed by atoms with van der Waals surface area (Å²) in [7, 11) is 1.84. The molecule has 2 aromatic rings. The number of rotatable bonds is 7. The number of halogens is 1. The highest BCUT2D eigenvalue weighted by atomic mass is 19.1. The first-order valence-electron chi connectivity index (χ1n) is 9.77. The van der Waals surface area contributed by atoms with E-state index in [1.54, 1.807) is 42.5 Å². The maximum atomic E-state index is 13.8. The molecule has 0 radical (unpaired) electrons. The van der Waals surface area contributed by atoms with Crippen molar-refractivity contribution in [2.75, 3.05) is 18.9 Å². The molecular weight excluding hydrogens is 357 g/mol. The molecule has 1 unspecified atom stereocenters. The first-order valence-corrected chi connectivity index (χ1v) is 9.77. The van der Waals surface area contributed by atoms with E-state index in [9.17, 15) is 14.0 Å². The van der Waals surface area contributed by atoms with Crippen molar-refractivity contribution in [3.8, 4) is 0 Å². The summed E-state index contributed by atoms with van der Waals surface area (Å²) in [6, 6.07) is 13.8. The van der Waals surface area contributed by atoms with Gasteiger partial charge in [0.05, 0.1) is 18.3 Å². The second kappa shape index (κ2) is 9.46. The van der Waals surface area contributed by atoms with E-state index in [2.05, 4.69) is 10.6 Å². The quantitative estimate of drug-likeness (QED) is 0.685. The largest absolute Gasteiger partial charge is 0.349 e. The second-order valence-electron chi connectivity index (χ2n) is 7.45. The smallest absolute Gasteiger partial charge is 0.279 e. The van der Waals surface area contributed by atoms with Gasteiger partial charge in [-0.1, -0.05) is 43.2 Å². The van der Waals surface area contributed by atoms with Crippen LogP contribution in [0.4, 0.5) is 10.1 Å². The third-order valence-corrected chi connectivity index (χ3v) is 5.05. The first-order chi connectivity index (χ1) is 13.5. The van der Waals surface area contributed by atoms with Crippen molar-refractivity contribution in [1.29, 1.82) is 0 Å². The van der Waals surface area contributed by atoms with E-state index in [0.29, 0.717) is 23.4 Å². The van der Waals surface area contributed by atoms with Crippen molar-refractivity contribution in [3.05, 3.63) is 65.5 Å². The highest BCUT2D eigenvalue weighted by Gasteiger charge is 2.21. The lowest BCUT2D eigenvalue weighted by Gasteiger charge is -2.17. The zero-order chi connectivity index (χ0) is 19.9. The predicted molar refractivity (Wildman–Crippen MR) is 107 cm³/mol. The van der Waals surface area contributed by atoms with Gasteiger partial charge in [-0.3, -0.25) is 9.59 Å². The van der Waals surface area contributed by atoms with Gasteiger partial charge in [-0.05, 0) is 31.0 Å². The molecule has 0 spiro atoms. The number of carbonyl (C=O) groups excluding carboxylic acids is 2. The van der Waals surface area contributed by atoms with Gasteiger partial charge in [0.2, 0.25) is 0 Å². The summed E-state index contributed by atoms with van der Waals surface area (Å²) in [5.41, 5.74) is 1.54. The zero-order valence-electron chi connectivity index (χ0n) is 16.1. The van der Waals surface area contributed by atoms with Gasteiger partial charge in [0.1, 0.15) is 12.4 Å². The molecule has 1 saturated carbocycles. The van der Waals surface area contributed by atoms with Crippen molar-refractivity contribution >= 4 is 17.5 Å². The van der Waals surface area contributed by atoms with Crippen molar-refractivity contribution < 1.29 is 18.9 Å². The van der Waals surface area contributed by atoms with Gasteiger partial charge in [-0.15, -0.1) is 0 Å². The number of nitrogens with one attached hydrogen (secondary N) is 3.